The van der Waals surface area contributed by atoms with Gasteiger partial charge in [0.25, 0.3) is 0 Å². The third-order valence-electron chi connectivity index (χ3n) is 1.83. The zero-order valence-corrected chi connectivity index (χ0v) is 10.3. The maximum Gasteiger partial charge on any atom is 0.187 e. The zero-order chi connectivity index (χ0) is 11.8. The fraction of sp³-hybridized carbons (Fsp3) is 0.667. The van der Waals surface area contributed by atoms with Gasteiger partial charge in [-0.3, -0.25) is 4.79 Å². The molecular weight excluding hydrogens is 190 g/mol. The van der Waals surface area contributed by atoms with E-state index in [2.05, 4.69) is 5.16 Å². The minimum Gasteiger partial charge on any atom is -0.361 e. The summed E-state index contributed by atoms with van der Waals surface area (Å²) in [6.07, 6.45) is 2.04. The lowest BCUT2D eigenvalue weighted by atomic mass is 10.2. The molecule has 1 aromatic heterocycles. The van der Waals surface area contributed by atoms with Gasteiger partial charge in [-0.25, -0.2) is 0 Å². The number of hydrogen-bond donors (Lipinski definition) is 0. The fourth-order valence-corrected chi connectivity index (χ4v) is 1.04. The summed E-state index contributed by atoms with van der Waals surface area (Å²) in [5.41, 5.74) is 0.491. The van der Waals surface area contributed by atoms with Crippen molar-refractivity contribution in [1.29, 1.82) is 0 Å². The van der Waals surface area contributed by atoms with Crippen LogP contribution in [0.4, 0.5) is 0 Å². The molecule has 1 aliphatic rings. The van der Waals surface area contributed by atoms with Gasteiger partial charge in [0.1, 0.15) is 11.5 Å². The van der Waals surface area contributed by atoms with Crippen LogP contribution in [0, 0.1) is 12.8 Å². The number of carbonyl (C=O) groups excluding carboxylic acids is 1. The van der Waals surface area contributed by atoms with E-state index in [4.69, 9.17) is 4.52 Å². The minimum atomic E-state index is 0.141. The first-order valence-corrected chi connectivity index (χ1v) is 5.75. The maximum atomic E-state index is 11.3. The molecule has 3 heteroatoms. The molecule has 1 fully saturated rings. The van der Waals surface area contributed by atoms with E-state index in [9.17, 15) is 4.79 Å². The Labute approximate surface area is 91.8 Å². The highest BCUT2D eigenvalue weighted by molar-refractivity contribution is 5.97. The molecule has 0 amide bonds. The number of ketones is 1. The molecule has 0 radical (unpaired) electrons. The predicted molar refractivity (Wildman–Crippen MR) is 61.0 cm³/mol. The van der Waals surface area contributed by atoms with E-state index >= 15 is 0 Å². The van der Waals surface area contributed by atoms with Gasteiger partial charge in [0.2, 0.25) is 0 Å². The first-order chi connectivity index (χ1) is 7.27. The smallest absolute Gasteiger partial charge is 0.187 e. The summed E-state index contributed by atoms with van der Waals surface area (Å²) in [6, 6.07) is 1.70. The Morgan fingerprint density at radius 1 is 1.33 bits per heavy atom. The molecule has 3 nitrogen and oxygen atoms in total. The quantitative estimate of drug-likeness (QED) is 0.701. The van der Waals surface area contributed by atoms with E-state index in [1.54, 1.807) is 13.0 Å². The Hall–Kier alpha value is -1.12. The highest BCUT2D eigenvalue weighted by atomic mass is 16.5. The second-order valence-electron chi connectivity index (χ2n) is 2.96. The SMILES string of the molecule is CC.CC.Cc1cc(C(=O)C2CC2)no1. The first kappa shape index (κ1) is 13.9. The monoisotopic (exact) mass is 211 g/mol. The van der Waals surface area contributed by atoms with Gasteiger partial charge in [0.15, 0.2) is 5.78 Å². The third-order valence-corrected chi connectivity index (χ3v) is 1.83. The van der Waals surface area contributed by atoms with Gasteiger partial charge in [-0.05, 0) is 19.8 Å². The van der Waals surface area contributed by atoms with Crippen molar-refractivity contribution >= 4 is 5.78 Å². The molecule has 86 valence electrons. The molecule has 1 saturated carbocycles. The summed E-state index contributed by atoms with van der Waals surface area (Å²) in [5, 5.41) is 3.65. The van der Waals surface area contributed by atoms with Crippen LogP contribution in [0.25, 0.3) is 0 Å². The lowest BCUT2D eigenvalue weighted by molar-refractivity contribution is 0.0958. The summed E-state index contributed by atoms with van der Waals surface area (Å²) in [4.78, 5) is 11.3. The molecule has 0 aliphatic heterocycles. The van der Waals surface area contributed by atoms with Crippen LogP contribution in [-0.2, 0) is 0 Å². The lowest BCUT2D eigenvalue weighted by Crippen LogP contribution is -2.00. The molecule has 1 aliphatic carbocycles. The predicted octanol–water partition coefficient (Wildman–Crippen LogP) is 3.63. The molecule has 0 N–H and O–H groups in total. The molecule has 0 atom stereocenters. The number of rotatable bonds is 2. The van der Waals surface area contributed by atoms with Crippen LogP contribution in [0.3, 0.4) is 0 Å². The molecular formula is C12H21NO2. The van der Waals surface area contributed by atoms with Crippen molar-refractivity contribution in [2.75, 3.05) is 0 Å². The number of hydrogen-bond acceptors (Lipinski definition) is 3. The molecule has 1 heterocycles. The number of carbonyl (C=O) groups is 1. The minimum absolute atomic E-state index is 0.141. The van der Waals surface area contributed by atoms with E-state index < -0.39 is 0 Å². The van der Waals surface area contributed by atoms with Gasteiger partial charge in [-0.1, -0.05) is 32.9 Å². The van der Waals surface area contributed by atoms with Gasteiger partial charge < -0.3 is 4.52 Å². The van der Waals surface area contributed by atoms with Crippen molar-refractivity contribution in [3.05, 3.63) is 17.5 Å². The van der Waals surface area contributed by atoms with Crippen molar-refractivity contribution < 1.29 is 9.32 Å². The molecule has 15 heavy (non-hydrogen) atoms. The van der Waals surface area contributed by atoms with E-state index in [-0.39, 0.29) is 11.7 Å². The largest absolute Gasteiger partial charge is 0.361 e. The van der Waals surface area contributed by atoms with Crippen LogP contribution in [0.2, 0.25) is 0 Å². The van der Waals surface area contributed by atoms with Crippen LogP contribution in [0.5, 0.6) is 0 Å². The summed E-state index contributed by atoms with van der Waals surface area (Å²) < 4.78 is 4.79. The van der Waals surface area contributed by atoms with Crippen LogP contribution in [0.15, 0.2) is 10.6 Å². The van der Waals surface area contributed by atoms with Crippen LogP contribution in [-0.4, -0.2) is 10.9 Å². The lowest BCUT2D eigenvalue weighted by Gasteiger charge is -1.86. The van der Waals surface area contributed by atoms with Crippen molar-refractivity contribution in [2.24, 2.45) is 5.92 Å². The molecule has 0 saturated heterocycles. The summed E-state index contributed by atoms with van der Waals surface area (Å²) in [6.45, 7) is 9.79. The van der Waals surface area contributed by atoms with E-state index in [1.165, 1.54) is 0 Å². The van der Waals surface area contributed by atoms with Gasteiger partial charge in [-0.15, -0.1) is 0 Å². The third kappa shape index (κ3) is 4.28. The number of aromatic nitrogens is 1. The Balaban J connectivity index is 0.000000442. The van der Waals surface area contributed by atoms with Gasteiger partial charge in [0, 0.05) is 12.0 Å². The Bertz CT molecular complexity index is 288. The van der Waals surface area contributed by atoms with Crippen molar-refractivity contribution in [1.82, 2.24) is 5.16 Å². The Morgan fingerprint density at radius 2 is 1.87 bits per heavy atom. The van der Waals surface area contributed by atoms with Crippen LogP contribution < -0.4 is 0 Å². The summed E-state index contributed by atoms with van der Waals surface area (Å²) >= 11 is 0. The van der Waals surface area contributed by atoms with Crippen molar-refractivity contribution in [2.45, 2.75) is 47.5 Å². The molecule has 2 rings (SSSR count). The molecule has 0 unspecified atom stereocenters. The van der Waals surface area contributed by atoms with Crippen LogP contribution >= 0.6 is 0 Å². The molecule has 0 aromatic carbocycles. The fourth-order valence-electron chi connectivity index (χ4n) is 1.04. The highest BCUT2D eigenvalue weighted by Gasteiger charge is 2.32. The number of Topliss-reactive ketones (excluding diaryl/α,β-unsaturated/α-hetero) is 1. The van der Waals surface area contributed by atoms with Crippen molar-refractivity contribution in [3.63, 3.8) is 0 Å². The van der Waals surface area contributed by atoms with E-state index in [0.29, 0.717) is 11.5 Å². The second-order valence-corrected chi connectivity index (χ2v) is 2.96. The van der Waals surface area contributed by atoms with Gasteiger partial charge >= 0.3 is 0 Å². The summed E-state index contributed by atoms with van der Waals surface area (Å²) in [7, 11) is 0. The van der Waals surface area contributed by atoms with Gasteiger partial charge in [0.05, 0.1) is 0 Å². The molecule has 0 spiro atoms. The molecule has 1 aromatic rings. The average Bonchev–Trinajstić information content (AvgIpc) is 3.06. The van der Waals surface area contributed by atoms with E-state index in [1.807, 2.05) is 27.7 Å². The average molecular weight is 211 g/mol. The Kier molecular flexibility index (Phi) is 6.67. The zero-order valence-electron chi connectivity index (χ0n) is 10.3. The summed E-state index contributed by atoms with van der Waals surface area (Å²) in [5.74, 6) is 1.08. The number of nitrogens with zero attached hydrogens (tertiary/aromatic N) is 1. The van der Waals surface area contributed by atoms with Gasteiger partial charge in [-0.2, -0.15) is 0 Å². The topological polar surface area (TPSA) is 43.1 Å². The van der Waals surface area contributed by atoms with Crippen LogP contribution in [0.1, 0.15) is 56.8 Å². The maximum absolute atomic E-state index is 11.3. The number of aryl methyl sites for hydroxylation is 1. The first-order valence-electron chi connectivity index (χ1n) is 5.75. The normalized spacial score (nSPS) is 13.1. The van der Waals surface area contributed by atoms with Crippen molar-refractivity contribution in [3.8, 4) is 0 Å². The Morgan fingerprint density at radius 3 is 2.20 bits per heavy atom. The highest BCUT2D eigenvalue weighted by Crippen LogP contribution is 2.32. The molecule has 0 bridgehead atoms. The second kappa shape index (κ2) is 7.21. The van der Waals surface area contributed by atoms with E-state index in [0.717, 1.165) is 12.8 Å². The standard InChI is InChI=1S/C8H9NO2.2C2H6/c1-5-4-7(9-11-5)8(10)6-2-3-6;2*1-2/h4,6H,2-3H2,1H3;2*1-2H3.